The van der Waals surface area contributed by atoms with Crippen LogP contribution in [-0.2, 0) is 25.7 Å². The van der Waals surface area contributed by atoms with Crippen LogP contribution in [0.3, 0.4) is 0 Å². The Labute approximate surface area is 252 Å². The molecule has 0 aromatic heterocycles. The molecule has 1 N–H and O–H groups in total. The van der Waals surface area contributed by atoms with Crippen LogP contribution in [0.2, 0.25) is 0 Å². The van der Waals surface area contributed by atoms with E-state index < -0.39 is 22.8 Å². The number of hydrogen-bond donors (Lipinski definition) is 1. The van der Waals surface area contributed by atoms with Crippen LogP contribution in [0, 0.1) is 0 Å². The fourth-order valence-corrected chi connectivity index (χ4v) is 5.57. The van der Waals surface area contributed by atoms with Gasteiger partial charge in [-0.2, -0.15) is 8.42 Å². The summed E-state index contributed by atoms with van der Waals surface area (Å²) in [6, 6.07) is 8.09. The van der Waals surface area contributed by atoms with Crippen LogP contribution in [0.4, 0.5) is 0 Å². The Kier molecular flexibility index (Phi) is 21.9. The van der Waals surface area contributed by atoms with E-state index in [1.54, 1.807) is 0 Å². The first-order valence-corrected chi connectivity index (χ1v) is 17.9. The Morgan fingerprint density at radius 3 is 1.73 bits per heavy atom. The highest BCUT2D eigenvalue weighted by Gasteiger charge is 2.22. The molecule has 1 aromatic rings. The molecule has 0 saturated carbocycles. The van der Waals surface area contributed by atoms with Crippen molar-refractivity contribution in [3.63, 3.8) is 0 Å². The zero-order valence-electron chi connectivity index (χ0n) is 26.4. The van der Waals surface area contributed by atoms with E-state index in [1.807, 2.05) is 18.2 Å². The quantitative estimate of drug-likeness (QED) is 0.0448. The molecule has 1 aromatic carbocycles. The van der Waals surface area contributed by atoms with Gasteiger partial charge in [0.15, 0.2) is 6.10 Å². The maximum Gasteiger partial charge on any atom is 0.400 e. The molecular formula is C34H60O6S. The molecule has 0 radical (unpaired) electrons. The van der Waals surface area contributed by atoms with Crippen LogP contribution in [0.5, 0.6) is 5.75 Å². The first kappa shape index (κ1) is 37.5. The average Bonchev–Trinajstić information content (AvgIpc) is 2.92. The number of para-hydroxylation sites is 1. The second-order valence-corrected chi connectivity index (χ2v) is 12.5. The zero-order valence-corrected chi connectivity index (χ0v) is 27.2. The Morgan fingerprint density at radius 2 is 1.22 bits per heavy atom. The summed E-state index contributed by atoms with van der Waals surface area (Å²) in [5.41, 5.74) is 1.16. The Balaban J connectivity index is 2.56. The van der Waals surface area contributed by atoms with E-state index in [4.69, 9.17) is 14.0 Å². The van der Waals surface area contributed by atoms with E-state index in [-0.39, 0.29) is 0 Å². The first-order valence-electron chi connectivity index (χ1n) is 16.5. The monoisotopic (exact) mass is 596 g/mol. The van der Waals surface area contributed by atoms with E-state index in [0.29, 0.717) is 12.2 Å². The van der Waals surface area contributed by atoms with Crippen LogP contribution in [0.1, 0.15) is 155 Å². The molecule has 7 heteroatoms. The summed E-state index contributed by atoms with van der Waals surface area (Å²) >= 11 is 0. The average molecular weight is 597 g/mol. The third-order valence-corrected chi connectivity index (χ3v) is 8.06. The van der Waals surface area contributed by atoms with E-state index in [9.17, 15) is 8.42 Å². The van der Waals surface area contributed by atoms with Gasteiger partial charge in [-0.25, -0.2) is 4.18 Å². The van der Waals surface area contributed by atoms with Crippen LogP contribution in [0.25, 0.3) is 0 Å². The summed E-state index contributed by atoms with van der Waals surface area (Å²) in [6.07, 6.45) is 24.1. The molecule has 0 amide bonds. The van der Waals surface area contributed by atoms with Crippen LogP contribution in [0.15, 0.2) is 36.6 Å². The van der Waals surface area contributed by atoms with Crippen LogP contribution < -0.4 is 4.74 Å². The Bertz CT molecular complexity index is 885. The second kappa shape index (κ2) is 23.9. The minimum absolute atomic E-state index is 0.300. The predicted molar refractivity (Wildman–Crippen MR) is 171 cm³/mol. The summed E-state index contributed by atoms with van der Waals surface area (Å²) < 4.78 is 47.8. The van der Waals surface area contributed by atoms with Crippen molar-refractivity contribution in [3.05, 3.63) is 42.2 Å². The van der Waals surface area contributed by atoms with Crippen molar-refractivity contribution in [1.29, 1.82) is 0 Å². The molecule has 6 nitrogen and oxygen atoms in total. The number of hydrogen-bond acceptors (Lipinski definition) is 5. The first-order chi connectivity index (χ1) is 19.8. The molecule has 41 heavy (non-hydrogen) atoms. The fraction of sp³-hybridized carbons (Fsp3) is 0.765. The SMILES string of the molecule is C=C(OC(C)OS(=O)(=O)O)C(CCCCCCCCCCCCCCC)Oc1ccccc1CCCCCCCC. The second-order valence-electron chi connectivity index (χ2n) is 11.4. The van der Waals surface area contributed by atoms with Gasteiger partial charge in [0.25, 0.3) is 0 Å². The molecule has 2 unspecified atom stereocenters. The van der Waals surface area contributed by atoms with Crippen LogP contribution in [-0.4, -0.2) is 25.4 Å². The van der Waals surface area contributed by atoms with Gasteiger partial charge >= 0.3 is 10.4 Å². The van der Waals surface area contributed by atoms with Crippen LogP contribution >= 0.6 is 0 Å². The lowest BCUT2D eigenvalue weighted by atomic mass is 10.0. The number of aryl methyl sites for hydroxylation is 1. The van der Waals surface area contributed by atoms with E-state index in [0.717, 1.165) is 37.0 Å². The molecule has 1 rings (SSSR count). The molecule has 0 aliphatic carbocycles. The van der Waals surface area contributed by atoms with Crippen molar-refractivity contribution in [2.75, 3.05) is 0 Å². The summed E-state index contributed by atoms with van der Waals surface area (Å²) in [6.45, 7) is 9.93. The molecule has 0 fully saturated rings. The standard InChI is InChI=1S/C34H60O6S/c1-5-7-9-11-13-14-15-16-17-18-19-21-23-28-33(30(3)38-31(4)40-41(35,36)37)39-34-29-25-24-27-32(34)26-22-20-12-10-8-6-2/h24-25,27,29,31,33H,3,5-23,26,28H2,1-2,4H3,(H,35,36,37). The number of ether oxygens (including phenoxy) is 2. The van der Waals surface area contributed by atoms with Gasteiger partial charge in [0.05, 0.1) is 0 Å². The highest BCUT2D eigenvalue weighted by atomic mass is 32.3. The fourth-order valence-electron chi connectivity index (χ4n) is 5.19. The van der Waals surface area contributed by atoms with Gasteiger partial charge in [-0.1, -0.05) is 148 Å². The lowest BCUT2D eigenvalue weighted by molar-refractivity contribution is -0.0499. The van der Waals surface area contributed by atoms with E-state index in [1.165, 1.54) is 110 Å². The van der Waals surface area contributed by atoms with Gasteiger partial charge in [0.1, 0.15) is 11.5 Å². The van der Waals surface area contributed by atoms with Crippen molar-refractivity contribution in [1.82, 2.24) is 0 Å². The predicted octanol–water partition coefficient (Wildman–Crippen LogP) is 10.5. The molecule has 0 heterocycles. The van der Waals surface area contributed by atoms with Gasteiger partial charge in [0.2, 0.25) is 6.29 Å². The molecule has 0 aliphatic rings. The highest BCUT2D eigenvalue weighted by Crippen LogP contribution is 2.27. The largest absolute Gasteiger partial charge is 0.482 e. The number of unbranched alkanes of at least 4 members (excludes halogenated alkanes) is 17. The third-order valence-electron chi connectivity index (χ3n) is 7.54. The molecule has 0 spiro atoms. The minimum Gasteiger partial charge on any atom is -0.482 e. The minimum atomic E-state index is -4.63. The summed E-state index contributed by atoms with van der Waals surface area (Å²) in [5, 5.41) is 0. The lowest BCUT2D eigenvalue weighted by Gasteiger charge is -2.25. The van der Waals surface area contributed by atoms with Gasteiger partial charge in [-0.05, 0) is 44.2 Å². The Morgan fingerprint density at radius 1 is 0.756 bits per heavy atom. The topological polar surface area (TPSA) is 82.1 Å². The van der Waals surface area contributed by atoms with Gasteiger partial charge in [-0.3, -0.25) is 4.55 Å². The molecular weight excluding hydrogens is 536 g/mol. The maximum atomic E-state index is 11.1. The summed E-state index contributed by atoms with van der Waals surface area (Å²) in [7, 11) is -4.63. The van der Waals surface area contributed by atoms with Crippen molar-refractivity contribution in [3.8, 4) is 5.75 Å². The third kappa shape index (κ3) is 20.9. The summed E-state index contributed by atoms with van der Waals surface area (Å²) in [5.74, 6) is 1.11. The Hall–Kier alpha value is -1.57. The maximum absolute atomic E-state index is 11.1. The van der Waals surface area contributed by atoms with Gasteiger partial charge < -0.3 is 9.47 Å². The van der Waals surface area contributed by atoms with Crippen molar-refractivity contribution in [2.24, 2.45) is 0 Å². The van der Waals surface area contributed by atoms with Gasteiger partial charge in [-0.15, -0.1) is 0 Å². The zero-order chi connectivity index (χ0) is 30.2. The highest BCUT2D eigenvalue weighted by molar-refractivity contribution is 7.80. The molecule has 0 saturated heterocycles. The number of rotatable bonds is 28. The number of benzene rings is 1. The van der Waals surface area contributed by atoms with E-state index in [2.05, 4.69) is 30.7 Å². The van der Waals surface area contributed by atoms with Crippen molar-refractivity contribution >= 4 is 10.4 Å². The molecule has 2 atom stereocenters. The molecule has 0 bridgehead atoms. The van der Waals surface area contributed by atoms with E-state index >= 15 is 0 Å². The van der Waals surface area contributed by atoms with Crippen molar-refractivity contribution < 1.29 is 26.6 Å². The lowest BCUT2D eigenvalue weighted by Crippen LogP contribution is -2.26. The summed E-state index contributed by atoms with van der Waals surface area (Å²) in [4.78, 5) is 0. The van der Waals surface area contributed by atoms with Crippen molar-refractivity contribution in [2.45, 2.75) is 168 Å². The molecule has 238 valence electrons. The molecule has 0 aliphatic heterocycles. The smallest absolute Gasteiger partial charge is 0.400 e. The van der Waals surface area contributed by atoms with Gasteiger partial charge in [0, 0.05) is 0 Å². The normalized spacial score (nSPS) is 13.2.